The Hall–Kier alpha value is -2.33. The maximum atomic E-state index is 6.40. The third kappa shape index (κ3) is 4.04. The molecule has 0 amide bonds. The van der Waals surface area contributed by atoms with Crippen LogP contribution in [-0.2, 0) is 16.8 Å². The Kier molecular flexibility index (Phi) is 5.39. The van der Waals surface area contributed by atoms with Crippen LogP contribution in [0.15, 0.2) is 48.5 Å². The highest BCUT2D eigenvalue weighted by Gasteiger charge is 2.34. The summed E-state index contributed by atoms with van der Waals surface area (Å²) in [6, 6.07) is 17.3. The predicted octanol–water partition coefficient (Wildman–Crippen LogP) is 5.90. The molecule has 0 radical (unpaired) electrons. The van der Waals surface area contributed by atoms with Crippen molar-refractivity contribution < 1.29 is 4.74 Å². The van der Waals surface area contributed by atoms with E-state index in [0.717, 1.165) is 18.7 Å². The summed E-state index contributed by atoms with van der Waals surface area (Å²) in [5.74, 6) is 1.02. The van der Waals surface area contributed by atoms with Gasteiger partial charge in [0.15, 0.2) is 5.82 Å². The fourth-order valence-electron chi connectivity index (χ4n) is 4.49. The van der Waals surface area contributed by atoms with Crippen molar-refractivity contribution in [3.8, 4) is 5.82 Å². The standard InChI is InChI=1S/C25H33N3O/c1-18-14-15-19(2)27(18)24-16-23(25(3,4)5)28(26-24)21-12-9-13-22(21)29-17-20-10-7-6-8-11-20/h6-8,10-11,14-16,21-22H,9,12-13,17H2,1-5H3/t21-,22+/m0/s1. The van der Waals surface area contributed by atoms with E-state index >= 15 is 0 Å². The lowest BCUT2D eigenvalue weighted by molar-refractivity contribution is 0.0153. The van der Waals surface area contributed by atoms with Gasteiger partial charge in [0.1, 0.15) is 0 Å². The first-order chi connectivity index (χ1) is 13.8. The average Bonchev–Trinajstić information content (AvgIpc) is 3.38. The average molecular weight is 392 g/mol. The molecule has 154 valence electrons. The van der Waals surface area contributed by atoms with Gasteiger partial charge >= 0.3 is 0 Å². The minimum Gasteiger partial charge on any atom is -0.371 e. The number of benzene rings is 1. The summed E-state index contributed by atoms with van der Waals surface area (Å²) >= 11 is 0. The van der Waals surface area contributed by atoms with Gasteiger partial charge in [0, 0.05) is 28.6 Å². The summed E-state index contributed by atoms with van der Waals surface area (Å²) in [6.45, 7) is 11.8. The van der Waals surface area contributed by atoms with Crippen molar-refractivity contribution in [2.75, 3.05) is 0 Å². The molecule has 4 nitrogen and oxygen atoms in total. The van der Waals surface area contributed by atoms with E-state index in [1.54, 1.807) is 0 Å². The van der Waals surface area contributed by atoms with Crippen molar-refractivity contribution >= 4 is 0 Å². The number of rotatable bonds is 5. The fraction of sp³-hybridized carbons (Fsp3) is 0.480. The van der Waals surface area contributed by atoms with Crippen molar-refractivity contribution in [2.24, 2.45) is 0 Å². The number of aryl methyl sites for hydroxylation is 2. The van der Waals surface area contributed by atoms with Gasteiger partial charge in [-0.25, -0.2) is 0 Å². The van der Waals surface area contributed by atoms with Crippen LogP contribution in [0.3, 0.4) is 0 Å². The summed E-state index contributed by atoms with van der Waals surface area (Å²) < 4.78 is 10.9. The zero-order valence-electron chi connectivity index (χ0n) is 18.4. The second-order valence-corrected chi connectivity index (χ2v) is 9.37. The molecule has 2 heterocycles. The third-order valence-corrected chi connectivity index (χ3v) is 6.03. The molecule has 2 aromatic heterocycles. The van der Waals surface area contributed by atoms with Gasteiger partial charge in [-0.2, -0.15) is 5.10 Å². The van der Waals surface area contributed by atoms with Crippen LogP contribution in [-0.4, -0.2) is 20.5 Å². The van der Waals surface area contributed by atoms with Crippen molar-refractivity contribution in [3.63, 3.8) is 0 Å². The molecule has 1 fully saturated rings. The molecule has 1 aliphatic rings. The molecule has 1 saturated carbocycles. The van der Waals surface area contributed by atoms with Crippen LogP contribution >= 0.6 is 0 Å². The van der Waals surface area contributed by atoms with Crippen molar-refractivity contribution in [3.05, 3.63) is 71.2 Å². The molecule has 0 saturated heterocycles. The van der Waals surface area contributed by atoms with Gasteiger partial charge in [-0.15, -0.1) is 0 Å². The molecule has 0 spiro atoms. The van der Waals surface area contributed by atoms with Crippen LogP contribution in [0.1, 0.15) is 68.7 Å². The molecular weight excluding hydrogens is 358 g/mol. The van der Waals surface area contributed by atoms with Crippen molar-refractivity contribution in [2.45, 2.75) is 78.0 Å². The Labute approximate surface area is 174 Å². The van der Waals surface area contributed by atoms with Crippen molar-refractivity contribution in [1.82, 2.24) is 14.3 Å². The SMILES string of the molecule is Cc1ccc(C)n1-c1cc(C(C)(C)C)n([C@H]2CCC[C@H]2OCc2ccccc2)n1. The summed E-state index contributed by atoms with van der Waals surface area (Å²) in [4.78, 5) is 0. The van der Waals surface area contributed by atoms with Crippen LogP contribution in [0.2, 0.25) is 0 Å². The monoisotopic (exact) mass is 391 g/mol. The molecule has 0 N–H and O–H groups in total. The van der Waals surface area contributed by atoms with Gasteiger partial charge in [0.2, 0.25) is 0 Å². The second kappa shape index (κ2) is 7.83. The maximum absolute atomic E-state index is 6.40. The Balaban J connectivity index is 1.65. The summed E-state index contributed by atoms with van der Waals surface area (Å²) in [5, 5.41) is 5.13. The summed E-state index contributed by atoms with van der Waals surface area (Å²) in [5.41, 5.74) is 4.97. The molecule has 4 rings (SSSR count). The molecule has 29 heavy (non-hydrogen) atoms. The molecule has 1 aromatic carbocycles. The number of nitrogens with zero attached hydrogens (tertiary/aromatic N) is 3. The van der Waals surface area contributed by atoms with E-state index in [1.807, 2.05) is 6.07 Å². The van der Waals surface area contributed by atoms with E-state index < -0.39 is 0 Å². The number of aromatic nitrogens is 3. The van der Waals surface area contributed by atoms with E-state index in [2.05, 4.69) is 86.3 Å². The minimum absolute atomic E-state index is 0.0206. The minimum atomic E-state index is 0.0206. The molecule has 0 aliphatic heterocycles. The maximum Gasteiger partial charge on any atom is 0.159 e. The molecule has 3 aromatic rings. The van der Waals surface area contributed by atoms with E-state index in [4.69, 9.17) is 9.84 Å². The second-order valence-electron chi connectivity index (χ2n) is 9.37. The quantitative estimate of drug-likeness (QED) is 0.542. The van der Waals surface area contributed by atoms with Crippen LogP contribution in [0.4, 0.5) is 0 Å². The lowest BCUT2D eigenvalue weighted by atomic mass is 9.91. The van der Waals surface area contributed by atoms with Gasteiger partial charge in [0.25, 0.3) is 0 Å². The topological polar surface area (TPSA) is 32.0 Å². The fourth-order valence-corrected chi connectivity index (χ4v) is 4.49. The Bertz CT molecular complexity index is 942. The van der Waals surface area contributed by atoms with E-state index in [0.29, 0.717) is 6.61 Å². The van der Waals surface area contributed by atoms with Crippen molar-refractivity contribution in [1.29, 1.82) is 0 Å². The third-order valence-electron chi connectivity index (χ3n) is 6.03. The highest BCUT2D eigenvalue weighted by Crippen LogP contribution is 2.37. The zero-order chi connectivity index (χ0) is 20.6. The first kappa shape index (κ1) is 20.0. The predicted molar refractivity (Wildman–Crippen MR) is 118 cm³/mol. The van der Waals surface area contributed by atoms with Gasteiger partial charge in [-0.1, -0.05) is 51.1 Å². The smallest absolute Gasteiger partial charge is 0.159 e. The number of hydrogen-bond acceptors (Lipinski definition) is 2. The normalized spacial score (nSPS) is 19.8. The zero-order valence-corrected chi connectivity index (χ0v) is 18.4. The van der Waals surface area contributed by atoms with Gasteiger partial charge in [0.05, 0.1) is 18.8 Å². The Morgan fingerprint density at radius 3 is 2.34 bits per heavy atom. The lowest BCUT2D eigenvalue weighted by Crippen LogP contribution is -2.28. The molecule has 0 unspecified atom stereocenters. The first-order valence-corrected chi connectivity index (χ1v) is 10.8. The highest BCUT2D eigenvalue weighted by atomic mass is 16.5. The lowest BCUT2D eigenvalue weighted by Gasteiger charge is -2.27. The molecule has 0 bridgehead atoms. The highest BCUT2D eigenvalue weighted by molar-refractivity contribution is 5.35. The van der Waals surface area contributed by atoms with Crippen LogP contribution in [0, 0.1) is 13.8 Å². The molecule has 4 heteroatoms. The molecule has 2 atom stereocenters. The number of ether oxygens (including phenoxy) is 1. The summed E-state index contributed by atoms with van der Waals surface area (Å²) in [7, 11) is 0. The Morgan fingerprint density at radius 2 is 1.69 bits per heavy atom. The summed E-state index contributed by atoms with van der Waals surface area (Å²) in [6.07, 6.45) is 3.60. The molecular formula is C25H33N3O. The van der Waals surface area contributed by atoms with Crippen LogP contribution in [0.25, 0.3) is 5.82 Å². The van der Waals surface area contributed by atoms with Crippen LogP contribution < -0.4 is 0 Å². The first-order valence-electron chi connectivity index (χ1n) is 10.8. The largest absolute Gasteiger partial charge is 0.371 e. The van der Waals surface area contributed by atoms with Gasteiger partial charge in [-0.05, 0) is 50.8 Å². The van der Waals surface area contributed by atoms with Gasteiger partial charge in [-0.3, -0.25) is 4.68 Å². The van der Waals surface area contributed by atoms with E-state index in [9.17, 15) is 0 Å². The van der Waals surface area contributed by atoms with E-state index in [1.165, 1.54) is 29.1 Å². The Morgan fingerprint density at radius 1 is 1.00 bits per heavy atom. The number of hydrogen-bond donors (Lipinski definition) is 0. The molecule has 1 aliphatic carbocycles. The van der Waals surface area contributed by atoms with Crippen LogP contribution in [0.5, 0.6) is 0 Å². The van der Waals surface area contributed by atoms with E-state index in [-0.39, 0.29) is 17.6 Å². The van der Waals surface area contributed by atoms with Gasteiger partial charge < -0.3 is 9.30 Å².